The van der Waals surface area contributed by atoms with Crippen molar-refractivity contribution in [1.82, 2.24) is 0 Å². The Hall–Kier alpha value is -10.2. The Labute approximate surface area is 311 Å². The number of hydrogen-bond acceptors (Lipinski definition) is 1. The minimum atomic E-state index is 1.06. The first kappa shape index (κ1) is 43.0. The zero-order chi connectivity index (χ0) is 37.2. The Morgan fingerprint density at radius 1 is 0.216 bits per heavy atom. The van der Waals surface area contributed by atoms with Crippen molar-refractivity contribution in [3.8, 4) is 278 Å². The van der Waals surface area contributed by atoms with Crippen LogP contribution in [0.2, 0.25) is 0 Å². The summed E-state index contributed by atoms with van der Waals surface area (Å²) < 4.78 is 8.19. The molecule has 0 bridgehead atoms. The number of hydrogen-bond donors (Lipinski definition) is 0. The molecular weight excluding hydrogens is 655 g/mol. The minimum absolute atomic E-state index is 1.06. The zero-order valence-electron chi connectivity index (χ0n) is 25.9. The third-order valence-corrected chi connectivity index (χ3v) is 2.94. The van der Waals surface area contributed by atoms with Gasteiger partial charge in [-0.3, -0.25) is 5.92 Å². The summed E-state index contributed by atoms with van der Waals surface area (Å²) >= 11 is 1.06. The predicted molar refractivity (Wildman–Crippen MR) is 192 cm³/mol. The van der Waals surface area contributed by atoms with Crippen molar-refractivity contribution in [1.29, 1.82) is 0 Å². The molecule has 0 saturated carbocycles. The van der Waals surface area contributed by atoms with E-state index in [9.17, 15) is 0 Å². The first-order valence-corrected chi connectivity index (χ1v) is 13.0. The SMILES string of the molecule is [C-]#CC#CC#CC#CC#CC#CC#CC#CC#CC#CC#CC#CC#CC#CC#CC#CC#CC#CC#CC#CC#CC#CC#CC#CC.[O]=[V]. The maximum atomic E-state index is 8.19. The van der Waals surface area contributed by atoms with E-state index in [1.165, 1.54) is 0 Å². The van der Waals surface area contributed by atoms with Crippen molar-refractivity contribution in [2.24, 2.45) is 0 Å². The van der Waals surface area contributed by atoms with Crippen molar-refractivity contribution >= 4 is 0 Å². The summed E-state index contributed by atoms with van der Waals surface area (Å²) in [6.07, 6.45) is 6.56. The molecule has 2 heteroatoms. The molecular formula is C49H3OV-. The molecule has 0 unspecified atom stereocenters. The molecule has 0 atom stereocenters. The van der Waals surface area contributed by atoms with Crippen molar-refractivity contribution in [2.75, 3.05) is 0 Å². The second kappa shape index (κ2) is 44.3. The van der Waals surface area contributed by atoms with Gasteiger partial charge in [-0.25, -0.2) is 5.92 Å². The van der Waals surface area contributed by atoms with E-state index >= 15 is 0 Å². The van der Waals surface area contributed by atoms with Crippen LogP contribution < -0.4 is 0 Å². The standard InChI is InChI=1S/C49H3.O.V/c1-3-5-7-9-11-13-15-17-19-21-23-25-27-29-31-33-35-37-39-41-43-45-47-49-48-46-44-42-40-38-36-34-32-30-28-26-24-22-20-18-16-14-12-10-8-6-4-2;;/h1H3;;/q-1;;. The Balaban J connectivity index is 0. The molecule has 0 radical (unpaired) electrons. The molecule has 0 rings (SSSR count). The van der Waals surface area contributed by atoms with Crippen LogP contribution in [-0.4, -0.2) is 0 Å². The molecule has 0 aliphatic rings. The Kier molecular flexibility index (Phi) is 37.3. The molecule has 0 aliphatic carbocycles. The van der Waals surface area contributed by atoms with E-state index in [1.807, 2.05) is 5.92 Å². The van der Waals surface area contributed by atoms with Gasteiger partial charge in [-0.2, -0.15) is 0 Å². The summed E-state index contributed by atoms with van der Waals surface area (Å²) in [7, 11) is 0. The van der Waals surface area contributed by atoms with Crippen molar-refractivity contribution < 1.29 is 21.0 Å². The maximum absolute atomic E-state index is 8.19. The van der Waals surface area contributed by atoms with Gasteiger partial charge in [-0.15, -0.1) is 5.92 Å². The quantitative estimate of drug-likeness (QED) is 0.275. The first-order valence-electron chi connectivity index (χ1n) is 12.4. The summed E-state index contributed by atoms with van der Waals surface area (Å²) in [5, 5.41) is 0. The molecule has 0 aromatic heterocycles. The fraction of sp³-hybridized carbons (Fsp3) is 0.0204. The molecule has 0 amide bonds. The predicted octanol–water partition coefficient (Wildman–Crippen LogP) is 0.553. The normalized spacial score (nSPS) is 3.82. The third kappa shape index (κ3) is 44.4. The first-order chi connectivity index (χ1) is 25.4. The van der Waals surface area contributed by atoms with Crippen LogP contribution in [0, 0.1) is 285 Å². The summed E-state index contributed by atoms with van der Waals surface area (Å²) in [6, 6.07) is 0. The molecule has 0 fully saturated rings. The summed E-state index contributed by atoms with van der Waals surface area (Å²) in [6.45, 7) is 1.69. The Morgan fingerprint density at radius 3 is 0.412 bits per heavy atom. The van der Waals surface area contributed by atoms with Crippen LogP contribution in [0.25, 0.3) is 0 Å². The molecule has 211 valence electrons. The van der Waals surface area contributed by atoms with Gasteiger partial charge in [-0.05, 0) is 102 Å². The monoisotopic (exact) mass is 658 g/mol. The van der Waals surface area contributed by atoms with E-state index in [-0.39, 0.29) is 0 Å². The van der Waals surface area contributed by atoms with Crippen LogP contribution >= 0.6 is 0 Å². The average molecular weight is 659 g/mol. The summed E-state index contributed by atoms with van der Waals surface area (Å²) in [5.74, 6) is 116. The van der Waals surface area contributed by atoms with Crippen LogP contribution in [0.15, 0.2) is 0 Å². The Morgan fingerprint density at radius 2 is 0.314 bits per heavy atom. The van der Waals surface area contributed by atoms with Crippen LogP contribution in [-0.2, 0) is 21.0 Å². The average Bonchev–Trinajstić information content (AvgIpc) is 3.15. The van der Waals surface area contributed by atoms with E-state index in [0.29, 0.717) is 0 Å². The molecule has 0 aromatic rings. The molecule has 1 nitrogen and oxygen atoms in total. The van der Waals surface area contributed by atoms with Crippen LogP contribution in [0.3, 0.4) is 0 Å². The second-order valence-corrected chi connectivity index (χ2v) is 6.00. The van der Waals surface area contributed by atoms with Crippen LogP contribution in [0.1, 0.15) is 6.92 Å². The van der Waals surface area contributed by atoms with Crippen molar-refractivity contribution in [2.45, 2.75) is 6.92 Å². The fourth-order valence-corrected chi connectivity index (χ4v) is 1.44. The fourth-order valence-electron chi connectivity index (χ4n) is 1.44. The van der Waals surface area contributed by atoms with Gasteiger partial charge >= 0.3 is 21.0 Å². The van der Waals surface area contributed by atoms with Gasteiger partial charge in [0.2, 0.25) is 0 Å². The van der Waals surface area contributed by atoms with Gasteiger partial charge < -0.3 is 6.42 Å². The van der Waals surface area contributed by atoms with Gasteiger partial charge in [0.1, 0.15) is 0 Å². The van der Waals surface area contributed by atoms with Gasteiger partial charge in [0.25, 0.3) is 0 Å². The van der Waals surface area contributed by atoms with Gasteiger partial charge in [-0.1, -0.05) is 5.92 Å². The van der Waals surface area contributed by atoms with E-state index in [2.05, 4.69) is 272 Å². The molecule has 51 heavy (non-hydrogen) atoms. The van der Waals surface area contributed by atoms with Crippen LogP contribution in [0.4, 0.5) is 0 Å². The van der Waals surface area contributed by atoms with E-state index < -0.39 is 0 Å². The summed E-state index contributed by atoms with van der Waals surface area (Å²) in [4.78, 5) is 0. The number of rotatable bonds is 0. The molecule has 0 heterocycles. The van der Waals surface area contributed by atoms with E-state index in [4.69, 9.17) is 10.1 Å². The molecule has 0 aliphatic heterocycles. The summed E-state index contributed by atoms with van der Waals surface area (Å²) in [5.41, 5.74) is 0. The third-order valence-electron chi connectivity index (χ3n) is 2.94. The van der Waals surface area contributed by atoms with Crippen molar-refractivity contribution in [3.05, 3.63) is 6.42 Å². The van der Waals surface area contributed by atoms with E-state index in [1.54, 1.807) is 6.92 Å². The van der Waals surface area contributed by atoms with Gasteiger partial charge in [0, 0.05) is 160 Å². The molecule has 0 saturated heterocycles. The van der Waals surface area contributed by atoms with Gasteiger partial charge in [0.05, 0.1) is 0 Å². The molecule has 0 N–H and O–H groups in total. The van der Waals surface area contributed by atoms with Crippen LogP contribution in [0.5, 0.6) is 0 Å². The van der Waals surface area contributed by atoms with E-state index in [0.717, 1.165) is 17.4 Å². The zero-order valence-corrected chi connectivity index (χ0v) is 27.3. The topological polar surface area (TPSA) is 17.1 Å². The Bertz CT molecular complexity index is 2990. The molecule has 0 aromatic carbocycles. The van der Waals surface area contributed by atoms with Crippen molar-refractivity contribution in [3.63, 3.8) is 0 Å². The van der Waals surface area contributed by atoms with Gasteiger partial charge in [0.15, 0.2) is 0 Å². The molecule has 0 spiro atoms. The second-order valence-electron chi connectivity index (χ2n) is 6.00.